The fourth-order valence-corrected chi connectivity index (χ4v) is 2.79. The molecule has 0 aliphatic rings. The van der Waals surface area contributed by atoms with E-state index in [2.05, 4.69) is 10.3 Å². The molecule has 0 saturated heterocycles. The first-order valence-corrected chi connectivity index (χ1v) is 8.13. The van der Waals surface area contributed by atoms with Crippen LogP contribution in [-0.4, -0.2) is 10.9 Å². The first kappa shape index (κ1) is 16.8. The molecule has 24 heavy (non-hydrogen) atoms. The van der Waals surface area contributed by atoms with Crippen LogP contribution in [-0.2, 0) is 6.54 Å². The van der Waals surface area contributed by atoms with Crippen molar-refractivity contribution in [2.45, 2.75) is 6.54 Å². The number of fused-ring (bicyclic) bond motifs is 1. The maximum atomic E-state index is 12.5. The smallest absolute Gasteiger partial charge is 0.257 e. The number of hydrogen-bond donors (Lipinski definition) is 2. The van der Waals surface area contributed by atoms with E-state index in [1.54, 1.807) is 30.3 Å². The van der Waals surface area contributed by atoms with Crippen LogP contribution in [0.25, 0.3) is 10.9 Å². The number of aromatic amines is 1. The third-order valence-electron chi connectivity index (χ3n) is 3.56. The minimum absolute atomic E-state index is 0.00912. The minimum Gasteiger partial charge on any atom is -0.359 e. The highest BCUT2D eigenvalue weighted by Gasteiger charge is 2.15. The van der Waals surface area contributed by atoms with Gasteiger partial charge in [-0.25, -0.2) is 0 Å². The molecule has 0 saturated carbocycles. The number of carbonyl (C=O) groups excluding carboxylic acids is 1. The van der Waals surface area contributed by atoms with E-state index in [0.29, 0.717) is 20.9 Å². The van der Waals surface area contributed by atoms with Gasteiger partial charge in [0.2, 0.25) is 5.43 Å². The number of nitrogens with one attached hydrogen (secondary N) is 2. The van der Waals surface area contributed by atoms with Gasteiger partial charge in [-0.05, 0) is 29.8 Å². The number of aromatic nitrogens is 1. The molecular weight excluding hydrogens is 371 g/mol. The van der Waals surface area contributed by atoms with Crippen molar-refractivity contribution < 1.29 is 4.79 Å². The van der Waals surface area contributed by atoms with Gasteiger partial charge in [-0.15, -0.1) is 0 Å². The lowest BCUT2D eigenvalue weighted by Crippen LogP contribution is -2.28. The van der Waals surface area contributed by atoms with Crippen molar-refractivity contribution >= 4 is 51.6 Å². The van der Waals surface area contributed by atoms with Gasteiger partial charge in [0.15, 0.2) is 0 Å². The highest BCUT2D eigenvalue weighted by Crippen LogP contribution is 2.27. The Morgan fingerprint density at radius 3 is 2.46 bits per heavy atom. The number of halogens is 3. The molecule has 2 N–H and O–H groups in total. The molecule has 7 heteroatoms. The SMILES string of the molecule is O=C(NCc1ccc(Cl)cc1)c1c[nH]c2c(Cl)c(Cl)ccc2c1=O. The second-order valence-electron chi connectivity index (χ2n) is 5.12. The fourth-order valence-electron chi connectivity index (χ4n) is 2.28. The predicted molar refractivity (Wildman–Crippen MR) is 97.2 cm³/mol. The molecule has 1 aromatic heterocycles. The average molecular weight is 382 g/mol. The van der Waals surface area contributed by atoms with Crippen molar-refractivity contribution in [3.63, 3.8) is 0 Å². The van der Waals surface area contributed by atoms with Crippen LogP contribution in [0.2, 0.25) is 15.1 Å². The van der Waals surface area contributed by atoms with E-state index in [0.717, 1.165) is 5.56 Å². The molecule has 122 valence electrons. The number of amides is 1. The Balaban J connectivity index is 1.87. The molecule has 0 aliphatic carbocycles. The molecule has 0 atom stereocenters. The summed E-state index contributed by atoms with van der Waals surface area (Å²) in [6.45, 7) is 0.287. The van der Waals surface area contributed by atoms with E-state index < -0.39 is 11.3 Å². The summed E-state index contributed by atoms with van der Waals surface area (Å²) in [6, 6.07) is 10.1. The summed E-state index contributed by atoms with van der Waals surface area (Å²) in [5.41, 5.74) is 0.883. The van der Waals surface area contributed by atoms with Gasteiger partial charge < -0.3 is 10.3 Å². The maximum absolute atomic E-state index is 12.5. The van der Waals surface area contributed by atoms with Crippen LogP contribution in [0.3, 0.4) is 0 Å². The lowest BCUT2D eigenvalue weighted by Gasteiger charge is -2.07. The number of H-pyrrole nitrogens is 1. The highest BCUT2D eigenvalue weighted by molar-refractivity contribution is 6.45. The standard InChI is InChI=1S/C17H11Cl3N2O2/c18-10-3-1-9(2-4-10)7-22-17(24)12-8-21-15-11(16(12)23)5-6-13(19)14(15)20/h1-6,8H,7H2,(H,21,23)(H,22,24). The quantitative estimate of drug-likeness (QED) is 0.705. The second kappa shape index (κ2) is 6.85. The molecule has 0 bridgehead atoms. The van der Waals surface area contributed by atoms with Gasteiger partial charge in [0.25, 0.3) is 5.91 Å². The number of benzene rings is 2. The number of hydrogen-bond acceptors (Lipinski definition) is 2. The molecule has 0 aliphatic heterocycles. The van der Waals surface area contributed by atoms with Crippen LogP contribution in [0.1, 0.15) is 15.9 Å². The first-order chi connectivity index (χ1) is 11.5. The number of rotatable bonds is 3. The van der Waals surface area contributed by atoms with Gasteiger partial charge in [-0.3, -0.25) is 9.59 Å². The topological polar surface area (TPSA) is 62.0 Å². The van der Waals surface area contributed by atoms with E-state index in [1.165, 1.54) is 12.3 Å². The first-order valence-electron chi connectivity index (χ1n) is 6.99. The van der Waals surface area contributed by atoms with E-state index >= 15 is 0 Å². The van der Waals surface area contributed by atoms with Crippen molar-refractivity contribution in [3.8, 4) is 0 Å². The molecule has 0 fully saturated rings. The third kappa shape index (κ3) is 3.26. The Morgan fingerprint density at radius 1 is 1.04 bits per heavy atom. The molecule has 0 spiro atoms. The molecule has 3 aromatic rings. The van der Waals surface area contributed by atoms with Gasteiger partial charge in [0.05, 0.1) is 15.6 Å². The van der Waals surface area contributed by atoms with E-state index in [4.69, 9.17) is 34.8 Å². The summed E-state index contributed by atoms with van der Waals surface area (Å²) in [5.74, 6) is -0.473. The molecule has 1 heterocycles. The zero-order chi connectivity index (χ0) is 17.3. The largest absolute Gasteiger partial charge is 0.359 e. The van der Waals surface area contributed by atoms with Crippen LogP contribution in [0.5, 0.6) is 0 Å². The van der Waals surface area contributed by atoms with Gasteiger partial charge in [-0.1, -0.05) is 46.9 Å². The molecule has 1 amide bonds. The molecule has 3 rings (SSSR count). The lowest BCUT2D eigenvalue weighted by molar-refractivity contribution is 0.0949. The monoisotopic (exact) mass is 380 g/mol. The van der Waals surface area contributed by atoms with Crippen molar-refractivity contribution in [1.29, 1.82) is 0 Å². The van der Waals surface area contributed by atoms with Crippen LogP contribution in [0.4, 0.5) is 0 Å². The number of carbonyl (C=O) groups is 1. The highest BCUT2D eigenvalue weighted by atomic mass is 35.5. The molecule has 2 aromatic carbocycles. The summed E-state index contributed by atoms with van der Waals surface area (Å²) in [6.07, 6.45) is 1.34. The zero-order valence-electron chi connectivity index (χ0n) is 12.2. The number of pyridine rings is 1. The van der Waals surface area contributed by atoms with Crippen LogP contribution < -0.4 is 10.7 Å². The van der Waals surface area contributed by atoms with Gasteiger partial charge in [0.1, 0.15) is 5.56 Å². The normalized spacial score (nSPS) is 10.8. The Hall–Kier alpha value is -2.01. The van der Waals surface area contributed by atoms with Crippen molar-refractivity contribution in [1.82, 2.24) is 10.3 Å². The molecular formula is C17H11Cl3N2O2. The summed E-state index contributed by atoms with van der Waals surface area (Å²) < 4.78 is 0. The minimum atomic E-state index is -0.473. The Bertz CT molecular complexity index is 982. The average Bonchev–Trinajstić information content (AvgIpc) is 2.58. The maximum Gasteiger partial charge on any atom is 0.257 e. The van der Waals surface area contributed by atoms with E-state index in [-0.39, 0.29) is 17.1 Å². The predicted octanol–water partition coefficient (Wildman–Crippen LogP) is 4.42. The van der Waals surface area contributed by atoms with E-state index in [9.17, 15) is 9.59 Å². The Kier molecular flexibility index (Phi) is 4.81. The third-order valence-corrected chi connectivity index (χ3v) is 4.61. The van der Waals surface area contributed by atoms with Crippen LogP contribution in [0, 0.1) is 0 Å². The van der Waals surface area contributed by atoms with Gasteiger partial charge in [0, 0.05) is 23.2 Å². The summed E-state index contributed by atoms with van der Waals surface area (Å²) in [4.78, 5) is 27.6. The van der Waals surface area contributed by atoms with Gasteiger partial charge >= 0.3 is 0 Å². The fraction of sp³-hybridized carbons (Fsp3) is 0.0588. The summed E-state index contributed by atoms with van der Waals surface area (Å²) in [7, 11) is 0. The molecule has 0 radical (unpaired) electrons. The molecule has 0 unspecified atom stereocenters. The van der Waals surface area contributed by atoms with Crippen molar-refractivity contribution in [3.05, 3.63) is 79.0 Å². The van der Waals surface area contributed by atoms with E-state index in [1.807, 2.05) is 0 Å². The van der Waals surface area contributed by atoms with Crippen LogP contribution in [0.15, 0.2) is 47.4 Å². The van der Waals surface area contributed by atoms with Crippen LogP contribution >= 0.6 is 34.8 Å². The summed E-state index contributed by atoms with van der Waals surface area (Å²) >= 11 is 17.8. The summed E-state index contributed by atoms with van der Waals surface area (Å²) in [5, 5.41) is 4.21. The second-order valence-corrected chi connectivity index (χ2v) is 6.35. The zero-order valence-corrected chi connectivity index (χ0v) is 14.5. The molecule has 4 nitrogen and oxygen atoms in total. The van der Waals surface area contributed by atoms with Crippen molar-refractivity contribution in [2.75, 3.05) is 0 Å². The lowest BCUT2D eigenvalue weighted by atomic mass is 10.1. The Morgan fingerprint density at radius 2 is 1.75 bits per heavy atom. The van der Waals surface area contributed by atoms with Gasteiger partial charge in [-0.2, -0.15) is 0 Å². The van der Waals surface area contributed by atoms with Crippen molar-refractivity contribution in [2.24, 2.45) is 0 Å². The Labute approximate surface area is 152 Å².